The molecule has 16 heavy (non-hydrogen) atoms. The zero-order valence-corrected chi connectivity index (χ0v) is 9.52. The average molecular weight is 254 g/mol. The second-order valence-electron chi connectivity index (χ2n) is 2.74. The van der Waals surface area contributed by atoms with Gasteiger partial charge in [0.1, 0.15) is 22.2 Å². The van der Waals surface area contributed by atoms with Crippen molar-refractivity contribution in [1.29, 1.82) is 0 Å². The summed E-state index contributed by atoms with van der Waals surface area (Å²) < 4.78 is 1.25. The van der Waals surface area contributed by atoms with Crippen molar-refractivity contribution in [3.8, 4) is 0 Å². The molecule has 0 aliphatic rings. The van der Waals surface area contributed by atoms with E-state index >= 15 is 0 Å². The highest BCUT2D eigenvalue weighted by Crippen LogP contribution is 2.35. The summed E-state index contributed by atoms with van der Waals surface area (Å²) in [4.78, 5) is 8.92. The predicted molar refractivity (Wildman–Crippen MR) is 58.1 cm³/mol. The highest BCUT2D eigenvalue weighted by molar-refractivity contribution is 8.76. The first-order valence-corrected chi connectivity index (χ1v) is 6.31. The molecule has 0 fully saturated rings. The highest BCUT2D eigenvalue weighted by Gasteiger charge is 2.04. The Morgan fingerprint density at radius 1 is 0.875 bits per heavy atom. The van der Waals surface area contributed by atoms with E-state index in [0.717, 1.165) is 0 Å². The fourth-order valence-electron chi connectivity index (χ4n) is 0.911. The van der Waals surface area contributed by atoms with Crippen LogP contribution < -0.4 is 9.46 Å². The lowest BCUT2D eigenvalue weighted by Gasteiger charge is -2.02. The first kappa shape index (κ1) is 11.0. The standard InChI is InChI=1S/C8H6N4O2S2/c13-11-3-7(1-9-5-11)15-16-8-2-10-6-12(14)4-8/h1-6H. The van der Waals surface area contributed by atoms with Crippen LogP contribution in [0.1, 0.15) is 0 Å². The van der Waals surface area contributed by atoms with Gasteiger partial charge >= 0.3 is 0 Å². The van der Waals surface area contributed by atoms with E-state index in [1.807, 2.05) is 0 Å². The van der Waals surface area contributed by atoms with Gasteiger partial charge in [-0.2, -0.15) is 0 Å². The van der Waals surface area contributed by atoms with Crippen LogP contribution in [0.4, 0.5) is 0 Å². The van der Waals surface area contributed by atoms with Gasteiger partial charge in [-0.3, -0.25) is 0 Å². The summed E-state index contributed by atoms with van der Waals surface area (Å²) in [6, 6.07) is 0. The van der Waals surface area contributed by atoms with Crippen molar-refractivity contribution in [1.82, 2.24) is 9.97 Å². The molecule has 8 heteroatoms. The second-order valence-corrected chi connectivity index (χ2v) is 5.01. The minimum Gasteiger partial charge on any atom is -0.711 e. The number of hydrogen-bond acceptors (Lipinski definition) is 6. The van der Waals surface area contributed by atoms with E-state index in [0.29, 0.717) is 19.3 Å². The number of hydrogen-bond donors (Lipinski definition) is 0. The molecule has 0 amide bonds. The molecule has 0 spiro atoms. The lowest BCUT2D eigenvalue weighted by molar-refractivity contribution is -0.611. The molecule has 2 aromatic heterocycles. The summed E-state index contributed by atoms with van der Waals surface area (Å²) in [5.41, 5.74) is 0. The van der Waals surface area contributed by atoms with Crippen LogP contribution in [-0.4, -0.2) is 9.97 Å². The Bertz CT molecular complexity index is 451. The minimum absolute atomic E-state index is 0.625. The molecule has 0 atom stereocenters. The molecule has 0 unspecified atom stereocenters. The molecule has 0 N–H and O–H groups in total. The minimum atomic E-state index is 0.625. The Morgan fingerprint density at radius 3 is 1.69 bits per heavy atom. The first-order chi connectivity index (χ1) is 7.74. The summed E-state index contributed by atoms with van der Waals surface area (Å²) in [7, 11) is 2.68. The van der Waals surface area contributed by atoms with Gasteiger partial charge in [0.25, 0.3) is 12.7 Å². The Hall–Kier alpha value is -1.54. The van der Waals surface area contributed by atoms with Gasteiger partial charge in [-0.1, -0.05) is 9.97 Å². The number of nitrogens with zero attached hydrogens (tertiary/aromatic N) is 4. The third-order valence-electron chi connectivity index (χ3n) is 1.51. The van der Waals surface area contributed by atoms with Crippen LogP contribution in [0.15, 0.2) is 47.2 Å². The summed E-state index contributed by atoms with van der Waals surface area (Å²) in [6.07, 6.45) is 8.31. The Morgan fingerprint density at radius 2 is 1.31 bits per heavy atom. The smallest absolute Gasteiger partial charge is 0.289 e. The molecule has 0 aromatic carbocycles. The molecule has 6 nitrogen and oxygen atoms in total. The molecule has 2 rings (SSSR count). The highest BCUT2D eigenvalue weighted by atomic mass is 33.1. The van der Waals surface area contributed by atoms with Crippen molar-refractivity contribution in [2.24, 2.45) is 0 Å². The molecular weight excluding hydrogens is 248 g/mol. The van der Waals surface area contributed by atoms with E-state index in [1.165, 1.54) is 46.6 Å². The quantitative estimate of drug-likeness (QED) is 0.452. The number of aromatic nitrogens is 4. The summed E-state index contributed by atoms with van der Waals surface area (Å²) in [5.74, 6) is 0. The second kappa shape index (κ2) is 4.99. The van der Waals surface area contributed by atoms with E-state index < -0.39 is 0 Å². The fraction of sp³-hybridized carbons (Fsp3) is 0. The molecule has 0 aliphatic heterocycles. The summed E-state index contributed by atoms with van der Waals surface area (Å²) in [6.45, 7) is 0. The monoisotopic (exact) mass is 254 g/mol. The normalized spacial score (nSPS) is 10.2. The lowest BCUT2D eigenvalue weighted by atomic mass is 10.7. The van der Waals surface area contributed by atoms with Crippen LogP contribution in [-0.2, 0) is 0 Å². The van der Waals surface area contributed by atoms with Gasteiger partial charge in [0, 0.05) is 0 Å². The largest absolute Gasteiger partial charge is 0.711 e. The molecular formula is C8H6N4O2S2. The summed E-state index contributed by atoms with van der Waals surface area (Å²) >= 11 is 0. The first-order valence-electron chi connectivity index (χ1n) is 4.16. The van der Waals surface area contributed by atoms with Crippen LogP contribution in [0.2, 0.25) is 0 Å². The maximum Gasteiger partial charge on any atom is 0.289 e. The maximum absolute atomic E-state index is 10.9. The molecule has 0 radical (unpaired) electrons. The Kier molecular flexibility index (Phi) is 3.42. The van der Waals surface area contributed by atoms with Gasteiger partial charge in [0.05, 0.1) is 0 Å². The zero-order chi connectivity index (χ0) is 11.4. The van der Waals surface area contributed by atoms with Gasteiger partial charge in [0.2, 0.25) is 0 Å². The predicted octanol–water partition coefficient (Wildman–Crippen LogP) is 0.543. The van der Waals surface area contributed by atoms with E-state index in [-0.39, 0.29) is 0 Å². The van der Waals surface area contributed by atoms with Gasteiger partial charge in [-0.25, -0.2) is 9.46 Å². The van der Waals surface area contributed by atoms with Crippen molar-refractivity contribution in [2.75, 3.05) is 0 Å². The van der Waals surface area contributed by atoms with Crippen molar-refractivity contribution in [3.63, 3.8) is 0 Å². The SMILES string of the molecule is [O-][n+]1cncc(SSc2cnc[n+]([O-])c2)c1. The van der Waals surface area contributed by atoms with Crippen LogP contribution in [0, 0.1) is 10.4 Å². The van der Waals surface area contributed by atoms with E-state index in [1.54, 1.807) is 12.4 Å². The third-order valence-corrected chi connectivity index (χ3v) is 3.80. The van der Waals surface area contributed by atoms with Gasteiger partial charge in [-0.15, -0.1) is 0 Å². The van der Waals surface area contributed by atoms with Gasteiger partial charge in [0.15, 0.2) is 12.4 Å². The number of rotatable bonds is 3. The maximum atomic E-state index is 10.9. The van der Waals surface area contributed by atoms with Crippen LogP contribution >= 0.6 is 21.6 Å². The zero-order valence-electron chi connectivity index (χ0n) is 7.89. The summed E-state index contributed by atoms with van der Waals surface area (Å²) in [5, 5.41) is 21.8. The molecule has 2 aromatic rings. The van der Waals surface area contributed by atoms with E-state index in [4.69, 9.17) is 0 Å². The van der Waals surface area contributed by atoms with E-state index in [9.17, 15) is 10.4 Å². The van der Waals surface area contributed by atoms with Gasteiger partial charge < -0.3 is 10.4 Å². The van der Waals surface area contributed by atoms with Crippen LogP contribution in [0.25, 0.3) is 0 Å². The molecule has 0 saturated heterocycles. The molecule has 0 bridgehead atoms. The topological polar surface area (TPSA) is 79.7 Å². The van der Waals surface area contributed by atoms with Crippen molar-refractivity contribution >= 4 is 21.6 Å². The van der Waals surface area contributed by atoms with Crippen molar-refractivity contribution in [3.05, 3.63) is 47.9 Å². The van der Waals surface area contributed by atoms with Crippen LogP contribution in [0.5, 0.6) is 0 Å². The van der Waals surface area contributed by atoms with Crippen LogP contribution in [0.3, 0.4) is 0 Å². The fourth-order valence-corrected chi connectivity index (χ4v) is 2.70. The average Bonchev–Trinajstić information content (AvgIpc) is 2.27. The molecule has 2 heterocycles. The van der Waals surface area contributed by atoms with Crippen molar-refractivity contribution < 1.29 is 9.46 Å². The molecule has 0 aliphatic carbocycles. The third kappa shape index (κ3) is 2.97. The molecule has 0 saturated carbocycles. The van der Waals surface area contributed by atoms with E-state index in [2.05, 4.69) is 9.97 Å². The Balaban J connectivity index is 2.02. The van der Waals surface area contributed by atoms with Gasteiger partial charge in [-0.05, 0) is 21.6 Å². The lowest BCUT2D eigenvalue weighted by Crippen LogP contribution is -2.25. The Labute approximate surface area is 98.9 Å². The van der Waals surface area contributed by atoms with Crippen molar-refractivity contribution in [2.45, 2.75) is 9.79 Å². The molecule has 82 valence electrons.